The molecule has 0 amide bonds. The maximum atomic E-state index is 11.0. The minimum atomic E-state index is -3.60. The Bertz CT molecular complexity index is 743. The van der Waals surface area contributed by atoms with Crippen molar-refractivity contribution in [2.45, 2.75) is 0 Å². The van der Waals surface area contributed by atoms with Crippen LogP contribution in [0.5, 0.6) is 0 Å². The highest BCUT2D eigenvalue weighted by Gasteiger charge is 2.12. The predicted molar refractivity (Wildman–Crippen MR) is 90.7 cm³/mol. The zero-order valence-corrected chi connectivity index (χ0v) is 15.4. The Morgan fingerprint density at radius 2 is 1.54 bits per heavy atom. The molecule has 1 aromatic carbocycles. The van der Waals surface area contributed by atoms with Crippen LogP contribution in [0.3, 0.4) is 0 Å². The van der Waals surface area contributed by atoms with Gasteiger partial charge in [0.15, 0.2) is 0 Å². The van der Waals surface area contributed by atoms with E-state index in [9.17, 15) is 21.7 Å². The van der Waals surface area contributed by atoms with Gasteiger partial charge in [0.2, 0.25) is 0 Å². The second kappa shape index (κ2) is 8.72. The summed E-state index contributed by atoms with van der Waals surface area (Å²) < 4.78 is 53.4. The lowest BCUT2D eigenvalue weighted by molar-refractivity contribution is 0.309. The van der Waals surface area contributed by atoms with Crippen LogP contribution in [0, 0.1) is 4.91 Å². The minimum absolute atomic E-state index is 0.0557. The topological polar surface area (TPSA) is 119 Å². The minimum Gasteiger partial charge on any atom is -0.367 e. The van der Waals surface area contributed by atoms with E-state index in [0.29, 0.717) is 5.69 Å². The highest BCUT2D eigenvalue weighted by molar-refractivity contribution is 7.86. The molecule has 0 heterocycles. The van der Waals surface area contributed by atoms with Crippen molar-refractivity contribution in [3.05, 3.63) is 28.1 Å². The summed E-state index contributed by atoms with van der Waals surface area (Å²) in [4.78, 5) is 12.2. The molecule has 0 aliphatic carbocycles. The van der Waals surface area contributed by atoms with Gasteiger partial charge in [-0.05, 0) is 23.4 Å². The van der Waals surface area contributed by atoms with Gasteiger partial charge in [-0.3, -0.25) is 8.37 Å². The molecule has 9 nitrogen and oxygen atoms in total. The molecule has 0 radical (unpaired) electrons. The third-order valence-corrected chi connectivity index (χ3v) is 4.20. The van der Waals surface area contributed by atoms with E-state index in [1.807, 2.05) is 0 Å². The number of nitroso groups, excluding NO2 is 1. The smallest absolute Gasteiger partial charge is 0.264 e. The predicted octanol–water partition coefficient (Wildman–Crippen LogP) is 1.50. The maximum Gasteiger partial charge on any atom is 0.264 e. The van der Waals surface area contributed by atoms with Crippen LogP contribution in [0.4, 0.5) is 11.4 Å². The van der Waals surface area contributed by atoms with Gasteiger partial charge in [-0.15, -0.1) is 4.91 Å². The molecule has 0 bridgehead atoms. The zero-order chi connectivity index (χ0) is 18.4. The molecule has 1 aromatic rings. The first-order chi connectivity index (χ1) is 11.0. The van der Waals surface area contributed by atoms with Crippen LogP contribution in [0.25, 0.3) is 0 Å². The van der Waals surface area contributed by atoms with Crippen LogP contribution in [0.15, 0.2) is 23.4 Å². The Labute approximate surface area is 145 Å². The molecule has 0 aromatic heterocycles. The van der Waals surface area contributed by atoms with E-state index in [1.165, 1.54) is 12.1 Å². The Morgan fingerprint density at radius 1 is 1.04 bits per heavy atom. The van der Waals surface area contributed by atoms with E-state index in [1.54, 1.807) is 11.0 Å². The number of halogens is 1. The SMILES string of the molecule is CS(=O)(=O)OCCN(CCOS(C)(=O)=O)c1ccc(N=O)c(Cl)c1. The number of benzene rings is 1. The molecule has 0 unspecified atom stereocenters. The largest absolute Gasteiger partial charge is 0.367 e. The van der Waals surface area contributed by atoms with E-state index >= 15 is 0 Å². The first-order valence-corrected chi connectivity index (χ1v) is 10.6. The van der Waals surface area contributed by atoms with Gasteiger partial charge >= 0.3 is 0 Å². The number of nitrogens with zero attached hydrogens (tertiary/aromatic N) is 2. The van der Waals surface area contributed by atoms with Crippen molar-refractivity contribution in [3.8, 4) is 0 Å². The molecule has 24 heavy (non-hydrogen) atoms. The fraction of sp³-hybridized carbons (Fsp3) is 0.500. The monoisotopic (exact) mass is 400 g/mol. The molecular formula is C12H17ClN2O7S2. The average Bonchev–Trinajstić information content (AvgIpc) is 2.43. The Kier molecular flexibility index (Phi) is 7.55. The number of rotatable bonds is 10. The first kappa shape index (κ1) is 20.8. The molecule has 0 atom stereocenters. The summed E-state index contributed by atoms with van der Waals surface area (Å²) in [6.07, 6.45) is 1.84. The summed E-state index contributed by atoms with van der Waals surface area (Å²) in [5, 5.41) is 2.86. The van der Waals surface area contributed by atoms with Gasteiger partial charge in [0, 0.05) is 18.8 Å². The average molecular weight is 401 g/mol. The summed E-state index contributed by atoms with van der Waals surface area (Å²) in [6.45, 7) is -0.0409. The molecule has 0 saturated heterocycles. The molecule has 0 aliphatic rings. The maximum absolute atomic E-state index is 11.0. The fourth-order valence-electron chi connectivity index (χ4n) is 1.73. The number of hydrogen-bond acceptors (Lipinski definition) is 9. The molecule has 0 saturated carbocycles. The van der Waals surface area contributed by atoms with E-state index < -0.39 is 20.2 Å². The van der Waals surface area contributed by atoms with Crippen molar-refractivity contribution in [1.29, 1.82) is 0 Å². The van der Waals surface area contributed by atoms with Gasteiger partial charge in [0.25, 0.3) is 20.2 Å². The lowest BCUT2D eigenvalue weighted by atomic mass is 10.2. The lowest BCUT2D eigenvalue weighted by Gasteiger charge is -2.24. The second-order valence-corrected chi connectivity index (χ2v) is 8.46. The normalized spacial score (nSPS) is 12.1. The van der Waals surface area contributed by atoms with Crippen LogP contribution in [-0.2, 0) is 28.6 Å². The van der Waals surface area contributed by atoms with Crippen molar-refractivity contribution in [1.82, 2.24) is 0 Å². The fourth-order valence-corrected chi connectivity index (χ4v) is 2.70. The Hall–Kier alpha value is -1.27. The van der Waals surface area contributed by atoms with Crippen molar-refractivity contribution < 1.29 is 25.2 Å². The summed E-state index contributed by atoms with van der Waals surface area (Å²) in [5.74, 6) is 0. The van der Waals surface area contributed by atoms with Gasteiger partial charge in [-0.25, -0.2) is 0 Å². The molecule has 0 N–H and O–H groups in total. The molecule has 0 aliphatic heterocycles. The molecule has 136 valence electrons. The second-order valence-electron chi connectivity index (χ2n) is 4.77. The lowest BCUT2D eigenvalue weighted by Crippen LogP contribution is -2.32. The summed E-state index contributed by atoms with van der Waals surface area (Å²) in [6, 6.07) is 4.40. The van der Waals surface area contributed by atoms with E-state index in [0.717, 1.165) is 12.5 Å². The summed E-state index contributed by atoms with van der Waals surface area (Å²) >= 11 is 5.91. The van der Waals surface area contributed by atoms with Crippen molar-refractivity contribution >= 4 is 43.2 Å². The number of hydrogen-bond donors (Lipinski definition) is 0. The molecule has 12 heteroatoms. The standard InChI is InChI=1S/C12H17ClN2O7S2/c1-23(17,18)21-7-5-15(6-8-22-24(2,19)20)10-3-4-12(14-16)11(13)9-10/h3-4,9H,5-8H2,1-2H3. The van der Waals surface area contributed by atoms with E-state index in [-0.39, 0.29) is 37.0 Å². The van der Waals surface area contributed by atoms with Crippen molar-refractivity contribution in [2.24, 2.45) is 5.18 Å². The van der Waals surface area contributed by atoms with E-state index in [2.05, 4.69) is 13.5 Å². The van der Waals surface area contributed by atoms with Crippen LogP contribution in [-0.4, -0.2) is 55.7 Å². The quantitative estimate of drug-likeness (QED) is 0.428. The molecule has 0 spiro atoms. The van der Waals surface area contributed by atoms with E-state index in [4.69, 9.17) is 11.6 Å². The van der Waals surface area contributed by atoms with Crippen molar-refractivity contribution in [2.75, 3.05) is 43.7 Å². The molecule has 0 fully saturated rings. The number of anilines is 1. The Balaban J connectivity index is 2.86. The molecular weight excluding hydrogens is 384 g/mol. The summed E-state index contributed by atoms with van der Waals surface area (Å²) in [7, 11) is -7.20. The highest BCUT2D eigenvalue weighted by atomic mass is 35.5. The van der Waals surface area contributed by atoms with Gasteiger partial charge in [0.1, 0.15) is 5.69 Å². The van der Waals surface area contributed by atoms with Crippen LogP contribution in [0.1, 0.15) is 0 Å². The van der Waals surface area contributed by atoms with Gasteiger partial charge in [0.05, 0.1) is 30.7 Å². The highest BCUT2D eigenvalue weighted by Crippen LogP contribution is 2.29. The molecule has 1 rings (SSSR count). The van der Waals surface area contributed by atoms with Crippen LogP contribution >= 0.6 is 11.6 Å². The van der Waals surface area contributed by atoms with Crippen molar-refractivity contribution in [3.63, 3.8) is 0 Å². The zero-order valence-electron chi connectivity index (χ0n) is 13.0. The Morgan fingerprint density at radius 3 is 1.92 bits per heavy atom. The third kappa shape index (κ3) is 8.02. The van der Waals surface area contributed by atoms with Crippen LogP contribution < -0.4 is 4.90 Å². The van der Waals surface area contributed by atoms with Crippen LogP contribution in [0.2, 0.25) is 5.02 Å². The third-order valence-electron chi connectivity index (χ3n) is 2.71. The van der Waals surface area contributed by atoms with Gasteiger partial charge in [-0.2, -0.15) is 16.8 Å². The summed E-state index contributed by atoms with van der Waals surface area (Å²) in [5.41, 5.74) is 0.585. The van der Waals surface area contributed by atoms with Gasteiger partial charge < -0.3 is 4.90 Å². The van der Waals surface area contributed by atoms with Gasteiger partial charge in [-0.1, -0.05) is 11.6 Å². The first-order valence-electron chi connectivity index (χ1n) is 6.58.